The van der Waals surface area contributed by atoms with Crippen molar-refractivity contribution in [1.82, 2.24) is 4.90 Å². The summed E-state index contributed by atoms with van der Waals surface area (Å²) in [7, 11) is 0. The Labute approximate surface area is 167 Å². The van der Waals surface area contributed by atoms with Gasteiger partial charge < -0.3 is 0 Å². The second kappa shape index (κ2) is 9.80. The summed E-state index contributed by atoms with van der Waals surface area (Å²) in [5, 5.41) is 9.96. The fourth-order valence-corrected chi connectivity index (χ4v) is 4.00. The lowest BCUT2D eigenvalue weighted by Crippen LogP contribution is -2.35. The topological polar surface area (TPSA) is 27.0 Å². The molecular weight excluding hydrogens is 354 g/mol. The van der Waals surface area contributed by atoms with Crippen LogP contribution in [0.2, 0.25) is 0 Å². The van der Waals surface area contributed by atoms with Gasteiger partial charge in [0.05, 0.1) is 11.5 Å². The van der Waals surface area contributed by atoms with Crippen LogP contribution in [-0.4, -0.2) is 18.0 Å². The van der Waals surface area contributed by atoms with Gasteiger partial charge in [-0.15, -0.1) is 0 Å². The molecule has 2 aromatic carbocycles. The van der Waals surface area contributed by atoms with Gasteiger partial charge in [0.25, 0.3) is 0 Å². The molecule has 0 aliphatic rings. The highest BCUT2D eigenvalue weighted by molar-refractivity contribution is 5.36. The summed E-state index contributed by atoms with van der Waals surface area (Å²) in [6.07, 6.45) is 1.10. The standard InChI is InChI=1S/C24H30F2N2/c1-5-28(19(4)20-11-7-6-8-12-20)16-10-15-24(17-27,18(2)3)23-21(25)13-9-14-22(23)26/h6-9,11-14,18-19H,5,10,15-16H2,1-4H3. The van der Waals surface area contributed by atoms with Crippen molar-refractivity contribution in [3.63, 3.8) is 0 Å². The minimum absolute atomic E-state index is 0.0911. The van der Waals surface area contributed by atoms with E-state index >= 15 is 0 Å². The number of nitrogens with zero attached hydrogens (tertiary/aromatic N) is 2. The molecule has 2 rings (SSSR count). The largest absolute Gasteiger partial charge is 0.297 e. The smallest absolute Gasteiger partial charge is 0.130 e. The van der Waals surface area contributed by atoms with Crippen LogP contribution >= 0.6 is 0 Å². The average molecular weight is 385 g/mol. The van der Waals surface area contributed by atoms with Gasteiger partial charge in [0.1, 0.15) is 11.6 Å². The molecule has 0 aromatic heterocycles. The zero-order chi connectivity index (χ0) is 20.7. The average Bonchev–Trinajstić information content (AvgIpc) is 2.69. The highest BCUT2D eigenvalue weighted by Crippen LogP contribution is 2.39. The summed E-state index contributed by atoms with van der Waals surface area (Å²) in [6.45, 7) is 9.62. The molecule has 0 saturated carbocycles. The van der Waals surface area contributed by atoms with E-state index in [-0.39, 0.29) is 17.5 Å². The van der Waals surface area contributed by atoms with Gasteiger partial charge in [-0.05, 0) is 56.5 Å². The molecule has 150 valence electrons. The van der Waals surface area contributed by atoms with Crippen LogP contribution in [0.5, 0.6) is 0 Å². The first kappa shape index (κ1) is 22.0. The van der Waals surface area contributed by atoms with E-state index in [1.54, 1.807) is 0 Å². The molecule has 4 heteroatoms. The highest BCUT2D eigenvalue weighted by atomic mass is 19.1. The molecule has 0 radical (unpaired) electrons. The van der Waals surface area contributed by atoms with Crippen molar-refractivity contribution < 1.29 is 8.78 Å². The lowest BCUT2D eigenvalue weighted by molar-refractivity contribution is 0.206. The quantitative estimate of drug-likeness (QED) is 0.511. The van der Waals surface area contributed by atoms with Crippen molar-refractivity contribution in [3.05, 3.63) is 71.3 Å². The molecule has 0 amide bonds. The lowest BCUT2D eigenvalue weighted by Gasteiger charge is -2.34. The van der Waals surface area contributed by atoms with Crippen LogP contribution in [-0.2, 0) is 5.41 Å². The number of halogens is 2. The first-order chi connectivity index (χ1) is 13.4. The van der Waals surface area contributed by atoms with E-state index in [1.807, 2.05) is 32.0 Å². The van der Waals surface area contributed by atoms with Gasteiger partial charge in [-0.2, -0.15) is 5.26 Å². The molecule has 2 aromatic rings. The van der Waals surface area contributed by atoms with Gasteiger partial charge in [-0.1, -0.05) is 57.2 Å². The first-order valence-electron chi connectivity index (χ1n) is 10.0. The Morgan fingerprint density at radius 3 is 2.11 bits per heavy atom. The molecule has 2 nitrogen and oxygen atoms in total. The van der Waals surface area contributed by atoms with Gasteiger partial charge in [-0.3, -0.25) is 4.90 Å². The highest BCUT2D eigenvalue weighted by Gasteiger charge is 2.40. The van der Waals surface area contributed by atoms with E-state index in [0.29, 0.717) is 12.8 Å². The molecule has 28 heavy (non-hydrogen) atoms. The fraction of sp³-hybridized carbons (Fsp3) is 0.458. The van der Waals surface area contributed by atoms with Crippen molar-refractivity contribution in [3.8, 4) is 6.07 Å². The molecule has 0 heterocycles. The van der Waals surface area contributed by atoms with E-state index < -0.39 is 17.0 Å². The summed E-state index contributed by atoms with van der Waals surface area (Å²) in [4.78, 5) is 2.33. The predicted octanol–water partition coefficient (Wildman–Crippen LogP) is 6.25. The van der Waals surface area contributed by atoms with E-state index in [1.165, 1.54) is 23.8 Å². The number of nitriles is 1. The molecule has 0 aliphatic heterocycles. The van der Waals surface area contributed by atoms with Crippen LogP contribution in [0, 0.1) is 28.9 Å². The summed E-state index contributed by atoms with van der Waals surface area (Å²) in [5.74, 6) is -1.48. The molecular formula is C24H30F2N2. The predicted molar refractivity (Wildman–Crippen MR) is 110 cm³/mol. The molecule has 0 fully saturated rings. The summed E-state index contributed by atoms with van der Waals surface area (Å²) in [6, 6.07) is 16.6. The third-order valence-electron chi connectivity index (χ3n) is 5.85. The fourth-order valence-electron chi connectivity index (χ4n) is 4.00. The Hall–Kier alpha value is -2.25. The van der Waals surface area contributed by atoms with Crippen molar-refractivity contribution in [2.75, 3.05) is 13.1 Å². The van der Waals surface area contributed by atoms with E-state index in [9.17, 15) is 14.0 Å². The van der Waals surface area contributed by atoms with E-state index in [2.05, 4.69) is 36.9 Å². The van der Waals surface area contributed by atoms with Crippen molar-refractivity contribution in [2.24, 2.45) is 5.92 Å². The van der Waals surface area contributed by atoms with Crippen LogP contribution in [0.15, 0.2) is 48.5 Å². The maximum atomic E-state index is 14.5. The van der Waals surface area contributed by atoms with Crippen LogP contribution in [0.4, 0.5) is 8.78 Å². The molecule has 0 N–H and O–H groups in total. The van der Waals surface area contributed by atoms with Crippen LogP contribution in [0.1, 0.15) is 57.7 Å². The monoisotopic (exact) mass is 384 g/mol. The molecule has 0 aliphatic carbocycles. The van der Waals surface area contributed by atoms with Crippen LogP contribution in [0.3, 0.4) is 0 Å². The number of rotatable bonds is 9. The van der Waals surface area contributed by atoms with Crippen LogP contribution in [0.25, 0.3) is 0 Å². The SMILES string of the molecule is CCN(CCCC(C#N)(c1c(F)cccc1F)C(C)C)C(C)c1ccccc1. The minimum atomic E-state index is -1.18. The molecule has 2 unspecified atom stereocenters. The molecule has 0 bridgehead atoms. The maximum Gasteiger partial charge on any atom is 0.130 e. The zero-order valence-corrected chi connectivity index (χ0v) is 17.3. The number of hydrogen-bond donors (Lipinski definition) is 0. The normalized spacial score (nSPS) is 14.7. The Kier molecular flexibility index (Phi) is 7.71. The molecule has 0 saturated heterocycles. The molecule has 0 spiro atoms. The van der Waals surface area contributed by atoms with Gasteiger partial charge in [0.2, 0.25) is 0 Å². The Bertz CT molecular complexity index is 778. The van der Waals surface area contributed by atoms with Crippen LogP contribution < -0.4 is 0 Å². The lowest BCUT2D eigenvalue weighted by atomic mass is 9.69. The Balaban J connectivity index is 2.19. The van der Waals surface area contributed by atoms with Crippen molar-refractivity contribution in [1.29, 1.82) is 5.26 Å². The minimum Gasteiger partial charge on any atom is -0.297 e. The van der Waals surface area contributed by atoms with Gasteiger partial charge >= 0.3 is 0 Å². The number of hydrogen-bond acceptors (Lipinski definition) is 2. The summed E-state index contributed by atoms with van der Waals surface area (Å²) in [5.41, 5.74) is -0.0308. The summed E-state index contributed by atoms with van der Waals surface area (Å²) >= 11 is 0. The van der Waals surface area contributed by atoms with Crippen molar-refractivity contribution >= 4 is 0 Å². The van der Waals surface area contributed by atoms with Crippen molar-refractivity contribution in [2.45, 2.75) is 52.0 Å². The van der Waals surface area contributed by atoms with Gasteiger partial charge in [0, 0.05) is 11.6 Å². The van der Waals surface area contributed by atoms with Gasteiger partial charge in [-0.25, -0.2) is 8.78 Å². The second-order valence-electron chi connectivity index (χ2n) is 7.65. The van der Waals surface area contributed by atoms with Gasteiger partial charge in [0.15, 0.2) is 0 Å². The molecule has 2 atom stereocenters. The Morgan fingerprint density at radius 1 is 1.00 bits per heavy atom. The zero-order valence-electron chi connectivity index (χ0n) is 17.3. The maximum absolute atomic E-state index is 14.5. The Morgan fingerprint density at radius 2 is 1.61 bits per heavy atom. The third kappa shape index (κ3) is 4.59. The summed E-state index contributed by atoms with van der Waals surface area (Å²) < 4.78 is 29.0. The third-order valence-corrected chi connectivity index (χ3v) is 5.85. The van der Waals surface area contributed by atoms with E-state index in [4.69, 9.17) is 0 Å². The second-order valence-corrected chi connectivity index (χ2v) is 7.65. The number of benzene rings is 2. The van der Waals surface area contributed by atoms with E-state index in [0.717, 1.165) is 13.1 Å². The first-order valence-corrected chi connectivity index (χ1v) is 10.0.